The fraction of sp³-hybridized carbons (Fsp3) is 0.0784. The minimum Gasteiger partial charge on any atom is -0.316 e. The van der Waals surface area contributed by atoms with Crippen molar-refractivity contribution in [3.05, 3.63) is 375 Å². The smallest absolute Gasteiger partial charge is 0.0788 e. The zero-order valence-corrected chi connectivity index (χ0v) is 61.3. The molecule has 0 saturated carbocycles. The molecule has 6 heteroatoms. The van der Waals surface area contributed by atoms with Gasteiger partial charge in [-0.2, -0.15) is 0 Å². The van der Waals surface area contributed by atoms with E-state index in [9.17, 15) is 0 Å². The van der Waals surface area contributed by atoms with E-state index in [2.05, 4.69) is 434 Å². The van der Waals surface area contributed by atoms with Crippen LogP contribution in [0.1, 0.15) is 52.7 Å². The third-order valence-electron chi connectivity index (χ3n) is 22.5. The molecular formula is C102H78N6. The first-order valence-corrected chi connectivity index (χ1v) is 37.6. The van der Waals surface area contributed by atoms with E-state index < -0.39 is 0 Å². The van der Waals surface area contributed by atoms with Gasteiger partial charge in [0, 0.05) is 101 Å². The average Bonchev–Trinajstić information content (AvgIpc) is 1.54. The molecule has 0 aliphatic carbocycles. The Morgan fingerprint density at radius 2 is 0.593 bits per heavy atom. The molecular weight excluding hydrogens is 1310 g/mol. The Kier molecular flexibility index (Phi) is 15.0. The average molecular weight is 1390 g/mol. The molecule has 516 valence electrons. The van der Waals surface area contributed by atoms with Gasteiger partial charge in [-0.3, -0.25) is 0 Å². The van der Waals surface area contributed by atoms with E-state index in [4.69, 9.17) is 0 Å². The van der Waals surface area contributed by atoms with Crippen molar-refractivity contribution in [2.24, 2.45) is 0 Å². The first-order valence-electron chi connectivity index (χ1n) is 37.6. The van der Waals surface area contributed by atoms with Crippen LogP contribution >= 0.6 is 0 Å². The first-order chi connectivity index (χ1) is 52.9. The van der Waals surface area contributed by atoms with Crippen LogP contribution < -0.4 is 4.90 Å². The van der Waals surface area contributed by atoms with Gasteiger partial charge in [-0.05, 0) is 217 Å². The van der Waals surface area contributed by atoms with Crippen LogP contribution in [-0.2, 0) is 10.8 Å². The van der Waals surface area contributed by atoms with Crippen molar-refractivity contribution in [1.82, 2.24) is 22.8 Å². The second kappa shape index (κ2) is 25.2. The standard InChI is InChI=1S/C58H50N4.C44H28N2/c1-57(2,3)39-21-25-43(26-22-39)60(45-29-32-54-50(37-45)47-19-13-14-20-53(47)61(54)44-27-23-40(24-28-44)58(4,5)6)46-30-33-55-51(38-46)48-31-34-52-49(35-36-59(52)41-15-9-7-10-16-41)56(48)62(55)42-17-11-8-12-18-42;1-3-11-32(12-4-1)45-26-25-29-19-23-39-41-28-31(21-24-42(41)46(44(39)43(29)45)33-13-5-2-6-14-33)30-20-22-38-36-17-8-7-15-34(36)35-16-9-10-18-37(35)40(38)27-30/h7-38H,1-6H3;1-28H. The highest BCUT2D eigenvalue weighted by atomic mass is 15.1. The summed E-state index contributed by atoms with van der Waals surface area (Å²) in [5, 5.41) is 17.6. The number of anilines is 3. The molecule has 0 bridgehead atoms. The molecule has 0 aliphatic heterocycles. The number of hydrogen-bond donors (Lipinski definition) is 0. The first kappa shape index (κ1) is 64.2. The predicted octanol–water partition coefficient (Wildman–Crippen LogP) is 27.7. The van der Waals surface area contributed by atoms with Crippen LogP contribution in [0.3, 0.4) is 0 Å². The highest BCUT2D eigenvalue weighted by molar-refractivity contribution is 6.26. The number of benzene rings is 16. The van der Waals surface area contributed by atoms with Crippen molar-refractivity contribution < 1.29 is 0 Å². The SMILES string of the molecule is CC(C)(C)c1ccc(N(c2ccc3c(c2)c2ccccc2n3-c2ccc(C(C)(C)C)cc2)c2ccc3c(c2)c2ccc4c(ccn4-c4ccccc4)c2n3-c2ccccc2)cc1.c1ccc(-n2ccc3ccc4c5cc(-c6ccc7c8ccccc8c8ccccc8c7c6)ccc5n(-c5ccccc5)c4c32)cc1. The van der Waals surface area contributed by atoms with Crippen LogP contribution in [0.15, 0.2) is 364 Å². The summed E-state index contributed by atoms with van der Waals surface area (Å²) in [4.78, 5) is 2.44. The lowest BCUT2D eigenvalue weighted by Crippen LogP contribution is -2.13. The lowest BCUT2D eigenvalue weighted by atomic mass is 9.87. The normalized spacial score (nSPS) is 12.2. The molecule has 0 N–H and O–H groups in total. The summed E-state index contributed by atoms with van der Waals surface area (Å²) in [6.07, 6.45) is 4.40. The molecule has 0 atom stereocenters. The highest BCUT2D eigenvalue weighted by Crippen LogP contribution is 2.47. The summed E-state index contributed by atoms with van der Waals surface area (Å²) in [5.41, 5.74) is 23.9. The van der Waals surface area contributed by atoms with E-state index in [0.717, 1.165) is 39.8 Å². The predicted molar refractivity (Wildman–Crippen MR) is 460 cm³/mol. The van der Waals surface area contributed by atoms with E-state index >= 15 is 0 Å². The van der Waals surface area contributed by atoms with Crippen LogP contribution in [0.2, 0.25) is 0 Å². The van der Waals surface area contributed by atoms with E-state index in [1.165, 1.54) is 147 Å². The number of para-hydroxylation sites is 5. The van der Waals surface area contributed by atoms with E-state index in [-0.39, 0.29) is 10.8 Å². The molecule has 6 nitrogen and oxygen atoms in total. The summed E-state index contributed by atoms with van der Waals surface area (Å²) < 4.78 is 11.9. The Balaban J connectivity index is 0.000000148. The molecule has 0 fully saturated rings. The zero-order valence-electron chi connectivity index (χ0n) is 61.3. The molecule has 0 spiro atoms. The van der Waals surface area contributed by atoms with Gasteiger partial charge in [-0.15, -0.1) is 0 Å². The fourth-order valence-corrected chi connectivity index (χ4v) is 17.2. The van der Waals surface area contributed by atoms with Crippen LogP contribution in [0, 0.1) is 0 Å². The molecule has 0 unspecified atom stereocenters. The van der Waals surface area contributed by atoms with E-state index in [0.29, 0.717) is 0 Å². The van der Waals surface area contributed by atoms with Crippen LogP contribution in [0.25, 0.3) is 159 Å². The van der Waals surface area contributed by atoms with Crippen molar-refractivity contribution in [3.8, 4) is 39.6 Å². The summed E-state index contributed by atoms with van der Waals surface area (Å²) in [6, 6.07) is 129. The van der Waals surface area contributed by atoms with Crippen molar-refractivity contribution in [1.29, 1.82) is 0 Å². The van der Waals surface area contributed by atoms with Crippen molar-refractivity contribution in [3.63, 3.8) is 0 Å². The van der Waals surface area contributed by atoms with Gasteiger partial charge in [-0.1, -0.05) is 242 Å². The molecule has 21 aromatic rings. The molecule has 5 aromatic heterocycles. The molecule has 0 amide bonds. The van der Waals surface area contributed by atoms with Gasteiger partial charge in [-0.25, -0.2) is 0 Å². The molecule has 0 aliphatic rings. The third-order valence-corrected chi connectivity index (χ3v) is 22.5. The maximum Gasteiger partial charge on any atom is 0.0788 e. The Labute approximate surface area is 627 Å². The minimum atomic E-state index is 0.0398. The molecule has 0 radical (unpaired) electrons. The van der Waals surface area contributed by atoms with E-state index in [1.807, 2.05) is 0 Å². The lowest BCUT2D eigenvalue weighted by molar-refractivity contribution is 0.590. The Hall–Kier alpha value is -13.4. The largest absolute Gasteiger partial charge is 0.316 e. The number of rotatable bonds is 9. The number of aromatic nitrogens is 5. The third kappa shape index (κ3) is 10.5. The summed E-state index contributed by atoms with van der Waals surface area (Å²) in [7, 11) is 0. The molecule has 108 heavy (non-hydrogen) atoms. The zero-order chi connectivity index (χ0) is 72.5. The van der Waals surface area contributed by atoms with Gasteiger partial charge in [0.15, 0.2) is 0 Å². The maximum atomic E-state index is 2.45. The fourth-order valence-electron chi connectivity index (χ4n) is 17.2. The van der Waals surface area contributed by atoms with Gasteiger partial charge in [0.1, 0.15) is 0 Å². The maximum absolute atomic E-state index is 2.45. The van der Waals surface area contributed by atoms with Crippen LogP contribution in [0.4, 0.5) is 17.1 Å². The molecule has 16 aromatic carbocycles. The van der Waals surface area contributed by atoms with Gasteiger partial charge in [0.2, 0.25) is 0 Å². The van der Waals surface area contributed by atoms with Crippen molar-refractivity contribution in [2.45, 2.75) is 52.4 Å². The Bertz CT molecular complexity index is 7040. The van der Waals surface area contributed by atoms with Crippen LogP contribution in [0.5, 0.6) is 0 Å². The second-order valence-electron chi connectivity index (χ2n) is 30.9. The monoisotopic (exact) mass is 1390 g/mol. The molecule has 21 rings (SSSR count). The topological polar surface area (TPSA) is 27.9 Å². The summed E-state index contributed by atoms with van der Waals surface area (Å²) in [5.74, 6) is 0. The number of fused-ring (bicyclic) bond motifs is 19. The van der Waals surface area contributed by atoms with Crippen molar-refractivity contribution >= 4 is 137 Å². The van der Waals surface area contributed by atoms with Gasteiger partial charge < -0.3 is 27.7 Å². The quantitative estimate of drug-likeness (QED) is 0.132. The summed E-state index contributed by atoms with van der Waals surface area (Å²) >= 11 is 0. The number of hydrogen-bond acceptors (Lipinski definition) is 1. The van der Waals surface area contributed by atoms with E-state index in [1.54, 1.807) is 0 Å². The number of nitrogens with zero attached hydrogens (tertiary/aromatic N) is 6. The summed E-state index contributed by atoms with van der Waals surface area (Å²) in [6.45, 7) is 13.7. The Morgan fingerprint density at radius 1 is 0.213 bits per heavy atom. The van der Waals surface area contributed by atoms with Gasteiger partial charge in [0.05, 0.1) is 44.1 Å². The van der Waals surface area contributed by atoms with Crippen LogP contribution in [-0.4, -0.2) is 22.8 Å². The van der Waals surface area contributed by atoms with Gasteiger partial charge >= 0.3 is 0 Å². The van der Waals surface area contributed by atoms with Crippen molar-refractivity contribution in [2.75, 3.05) is 4.90 Å². The molecule has 5 heterocycles. The van der Waals surface area contributed by atoms with Gasteiger partial charge in [0.25, 0.3) is 0 Å². The molecule has 0 saturated heterocycles. The minimum absolute atomic E-state index is 0.0398. The lowest BCUT2D eigenvalue weighted by Gasteiger charge is -2.27. The Morgan fingerprint density at radius 3 is 1.18 bits per heavy atom. The second-order valence-corrected chi connectivity index (χ2v) is 30.9. The highest BCUT2D eigenvalue weighted by Gasteiger charge is 2.25.